The minimum atomic E-state index is -4.02. The van der Waals surface area contributed by atoms with Crippen LogP contribution in [-0.4, -0.2) is 95.6 Å². The number of ether oxygens (including phenoxy) is 3. The zero-order valence-corrected chi connectivity index (χ0v) is 24.8. The minimum absolute atomic E-state index is 0.00660. The van der Waals surface area contributed by atoms with Gasteiger partial charge in [0.2, 0.25) is 15.9 Å². The van der Waals surface area contributed by atoms with Crippen LogP contribution in [0.3, 0.4) is 0 Å². The number of benzene rings is 2. The molecule has 0 saturated carbocycles. The predicted molar refractivity (Wildman–Crippen MR) is 151 cm³/mol. The number of carbonyl (C=O) groups excluding carboxylic acids is 1. The molecule has 2 saturated heterocycles. The van der Waals surface area contributed by atoms with Gasteiger partial charge in [-0.25, -0.2) is 8.42 Å². The smallest absolute Gasteiger partial charge is 0.246 e. The van der Waals surface area contributed by atoms with Crippen LogP contribution in [0.4, 0.5) is 0 Å². The van der Waals surface area contributed by atoms with E-state index < -0.39 is 15.4 Å². The molecule has 0 spiro atoms. The van der Waals surface area contributed by atoms with E-state index in [9.17, 15) is 13.2 Å². The third-order valence-corrected chi connectivity index (χ3v) is 9.84. The highest BCUT2D eigenvalue weighted by molar-refractivity contribution is 7.89. The van der Waals surface area contributed by atoms with Crippen molar-refractivity contribution in [2.75, 3.05) is 67.1 Å². The summed E-state index contributed by atoms with van der Waals surface area (Å²) in [5.74, 6) is 1.06. The van der Waals surface area contributed by atoms with E-state index in [1.807, 2.05) is 11.9 Å². The van der Waals surface area contributed by atoms with Crippen LogP contribution in [0.15, 0.2) is 41.3 Å². The Morgan fingerprint density at radius 3 is 2.28 bits per heavy atom. The zero-order valence-electron chi connectivity index (χ0n) is 22.5. The van der Waals surface area contributed by atoms with E-state index in [0.29, 0.717) is 49.0 Å². The van der Waals surface area contributed by atoms with Gasteiger partial charge in [0.1, 0.15) is 22.1 Å². The quantitative estimate of drug-likeness (QED) is 0.430. The number of halogens is 2. The van der Waals surface area contributed by atoms with Crippen molar-refractivity contribution in [1.29, 1.82) is 0 Å². The van der Waals surface area contributed by atoms with Gasteiger partial charge in [-0.2, -0.15) is 4.31 Å². The normalized spacial score (nSPS) is 21.0. The molecule has 2 fully saturated rings. The van der Waals surface area contributed by atoms with Gasteiger partial charge in [-0.15, -0.1) is 0 Å². The van der Waals surface area contributed by atoms with Gasteiger partial charge in [0, 0.05) is 62.2 Å². The predicted octanol–water partition coefficient (Wildman–Crippen LogP) is 4.02. The first kappa shape index (κ1) is 29.7. The second-order valence-electron chi connectivity index (χ2n) is 10.2. The molecule has 0 radical (unpaired) electrons. The Bertz CT molecular complexity index is 1270. The number of nitrogens with zero attached hydrogens (tertiary/aromatic N) is 3. The van der Waals surface area contributed by atoms with Gasteiger partial charge in [0.05, 0.1) is 25.8 Å². The molecule has 0 aromatic heterocycles. The van der Waals surface area contributed by atoms with Gasteiger partial charge in [0.15, 0.2) is 0 Å². The van der Waals surface area contributed by atoms with E-state index in [0.717, 1.165) is 13.1 Å². The van der Waals surface area contributed by atoms with Crippen molar-refractivity contribution in [2.45, 2.75) is 24.2 Å². The molecule has 2 heterocycles. The average Bonchev–Trinajstić information content (AvgIpc) is 2.93. The van der Waals surface area contributed by atoms with Crippen molar-refractivity contribution < 1.29 is 27.4 Å². The SMILES string of the molecule is COc1cc(OC)c(S(=O)(=O)N2CCCC(COc3ccc(Cl)cc3)(CC(=O)N3CCN(C)CC3)C2)cc1Cl. The number of piperazine rings is 1. The number of likely N-dealkylation sites (N-methyl/N-ethyl adjacent to an activating group) is 1. The molecule has 1 unspecified atom stereocenters. The lowest BCUT2D eigenvalue weighted by Gasteiger charge is -2.43. The fourth-order valence-corrected chi connectivity index (χ4v) is 7.30. The standard InChI is InChI=1S/C27H35Cl2N3O6S/c1-30-11-13-31(14-12-30)26(33)17-27(19-38-21-7-5-20(28)6-8-21)9-4-10-32(18-27)39(34,35)25-15-22(29)23(36-2)16-24(25)37-3/h5-8,15-16H,4,9-14,17-19H2,1-3H3. The molecule has 2 aliphatic heterocycles. The maximum atomic E-state index is 13.9. The first-order chi connectivity index (χ1) is 18.6. The van der Waals surface area contributed by atoms with E-state index in [-0.39, 0.29) is 41.1 Å². The highest BCUT2D eigenvalue weighted by atomic mass is 35.5. The number of sulfonamides is 1. The largest absolute Gasteiger partial charge is 0.495 e. The summed E-state index contributed by atoms with van der Waals surface area (Å²) in [5.41, 5.74) is -0.727. The molecule has 2 aliphatic rings. The van der Waals surface area contributed by atoms with Gasteiger partial charge in [-0.3, -0.25) is 4.79 Å². The van der Waals surface area contributed by atoms with Crippen LogP contribution in [0.1, 0.15) is 19.3 Å². The van der Waals surface area contributed by atoms with Gasteiger partial charge in [-0.05, 0) is 50.2 Å². The summed E-state index contributed by atoms with van der Waals surface area (Å²) in [6, 6.07) is 9.81. The highest BCUT2D eigenvalue weighted by Gasteiger charge is 2.44. The lowest BCUT2D eigenvalue weighted by Crippen LogP contribution is -2.53. The zero-order chi connectivity index (χ0) is 28.2. The number of carbonyl (C=O) groups is 1. The van der Waals surface area contributed by atoms with E-state index >= 15 is 0 Å². The van der Waals surface area contributed by atoms with Crippen molar-refractivity contribution in [2.24, 2.45) is 5.41 Å². The van der Waals surface area contributed by atoms with Crippen LogP contribution in [0.2, 0.25) is 10.0 Å². The fraction of sp³-hybridized carbons (Fsp3) is 0.519. The number of amides is 1. The van der Waals surface area contributed by atoms with Gasteiger partial charge < -0.3 is 24.0 Å². The first-order valence-corrected chi connectivity index (χ1v) is 15.0. The molecule has 1 amide bonds. The fourth-order valence-electron chi connectivity index (χ4n) is 5.11. The summed E-state index contributed by atoms with van der Waals surface area (Å²) in [4.78, 5) is 17.5. The van der Waals surface area contributed by atoms with Crippen molar-refractivity contribution in [3.8, 4) is 17.2 Å². The Kier molecular flexibility index (Phi) is 9.54. The minimum Gasteiger partial charge on any atom is -0.495 e. The highest BCUT2D eigenvalue weighted by Crippen LogP contribution is 2.41. The summed E-state index contributed by atoms with van der Waals surface area (Å²) in [5, 5.41) is 0.751. The van der Waals surface area contributed by atoms with Crippen LogP contribution in [0.25, 0.3) is 0 Å². The number of hydrogen-bond donors (Lipinski definition) is 0. The Balaban J connectivity index is 1.62. The molecule has 0 bridgehead atoms. The molecule has 0 N–H and O–H groups in total. The summed E-state index contributed by atoms with van der Waals surface area (Å²) >= 11 is 12.3. The van der Waals surface area contributed by atoms with Gasteiger partial charge in [0.25, 0.3) is 0 Å². The monoisotopic (exact) mass is 599 g/mol. The molecular formula is C27H35Cl2N3O6S. The summed E-state index contributed by atoms with van der Waals surface area (Å²) in [6.07, 6.45) is 1.40. The van der Waals surface area contributed by atoms with Crippen molar-refractivity contribution >= 4 is 39.1 Å². The number of piperidine rings is 1. The first-order valence-electron chi connectivity index (χ1n) is 12.8. The van der Waals surface area contributed by atoms with E-state index in [2.05, 4.69) is 4.90 Å². The molecule has 9 nitrogen and oxygen atoms in total. The van der Waals surface area contributed by atoms with Crippen LogP contribution < -0.4 is 14.2 Å². The Hall–Kier alpha value is -2.24. The molecule has 2 aromatic rings. The lowest BCUT2D eigenvalue weighted by atomic mass is 9.78. The van der Waals surface area contributed by atoms with Crippen LogP contribution in [0, 0.1) is 5.41 Å². The topological polar surface area (TPSA) is 88.6 Å². The molecule has 214 valence electrons. The third-order valence-electron chi connectivity index (χ3n) is 7.42. The molecule has 0 aliphatic carbocycles. The number of hydrogen-bond acceptors (Lipinski definition) is 7. The van der Waals surface area contributed by atoms with Gasteiger partial charge >= 0.3 is 0 Å². The molecule has 12 heteroatoms. The van der Waals surface area contributed by atoms with Crippen LogP contribution in [-0.2, 0) is 14.8 Å². The lowest BCUT2D eigenvalue weighted by molar-refractivity contribution is -0.136. The Morgan fingerprint density at radius 1 is 0.974 bits per heavy atom. The summed E-state index contributed by atoms with van der Waals surface area (Å²) < 4.78 is 46.1. The average molecular weight is 601 g/mol. The Morgan fingerprint density at radius 2 is 1.64 bits per heavy atom. The van der Waals surface area contributed by atoms with E-state index in [1.165, 1.54) is 30.7 Å². The maximum Gasteiger partial charge on any atom is 0.246 e. The maximum absolute atomic E-state index is 13.9. The van der Waals surface area contributed by atoms with Gasteiger partial charge in [-0.1, -0.05) is 23.2 Å². The molecule has 4 rings (SSSR count). The Labute approximate surface area is 240 Å². The molecule has 2 aromatic carbocycles. The molecular weight excluding hydrogens is 565 g/mol. The van der Waals surface area contributed by atoms with E-state index in [1.54, 1.807) is 24.3 Å². The number of methoxy groups -OCH3 is 2. The van der Waals surface area contributed by atoms with Crippen LogP contribution in [0.5, 0.6) is 17.2 Å². The summed E-state index contributed by atoms with van der Waals surface area (Å²) in [6.45, 7) is 3.51. The van der Waals surface area contributed by atoms with Crippen molar-refractivity contribution in [1.82, 2.24) is 14.1 Å². The molecule has 1 atom stereocenters. The van der Waals surface area contributed by atoms with Crippen molar-refractivity contribution in [3.63, 3.8) is 0 Å². The van der Waals surface area contributed by atoms with E-state index in [4.69, 9.17) is 37.4 Å². The second kappa shape index (κ2) is 12.5. The van der Waals surface area contributed by atoms with Crippen LogP contribution >= 0.6 is 23.2 Å². The number of rotatable bonds is 9. The third kappa shape index (κ3) is 6.92. The van der Waals surface area contributed by atoms with Crippen molar-refractivity contribution in [3.05, 3.63) is 46.4 Å². The second-order valence-corrected chi connectivity index (χ2v) is 12.9. The molecule has 39 heavy (non-hydrogen) atoms. The summed E-state index contributed by atoms with van der Waals surface area (Å²) in [7, 11) is 0.868.